The molecule has 3 aromatic rings. The summed E-state index contributed by atoms with van der Waals surface area (Å²) >= 11 is 0. The van der Waals surface area contributed by atoms with Crippen LogP contribution >= 0.6 is 0 Å². The molecular weight excluding hydrogens is 234 g/mol. The molecule has 0 saturated heterocycles. The lowest BCUT2D eigenvalue weighted by molar-refractivity contribution is 1.13. The number of anilines is 1. The number of aromatic nitrogens is 2. The monoisotopic (exact) mass is 249 g/mol. The topological polar surface area (TPSA) is 43.3 Å². The van der Waals surface area contributed by atoms with E-state index in [1.807, 2.05) is 28.8 Å². The van der Waals surface area contributed by atoms with Crippen LogP contribution in [0.3, 0.4) is 0 Å². The van der Waals surface area contributed by atoms with Crippen LogP contribution in [0.15, 0.2) is 48.7 Å². The first kappa shape index (κ1) is 10.6. The zero-order chi connectivity index (χ0) is 12.8. The highest BCUT2D eigenvalue weighted by Gasteiger charge is 2.27. The molecule has 0 atom stereocenters. The van der Waals surface area contributed by atoms with Crippen LogP contribution in [-0.2, 0) is 0 Å². The van der Waals surface area contributed by atoms with Crippen molar-refractivity contribution in [2.24, 2.45) is 0 Å². The molecule has 19 heavy (non-hydrogen) atoms. The standard InChI is InChI=1S/C16H15N3/c17-16-15(18-14-7-3-4-10-19(14)16)13-6-2-1-5-12(13)11-8-9-11/h1-7,10-11H,8-9,17H2. The zero-order valence-corrected chi connectivity index (χ0v) is 10.6. The highest BCUT2D eigenvalue weighted by atomic mass is 15.1. The van der Waals surface area contributed by atoms with Crippen molar-refractivity contribution in [2.45, 2.75) is 18.8 Å². The predicted molar refractivity (Wildman–Crippen MR) is 77.0 cm³/mol. The second kappa shape index (κ2) is 3.85. The van der Waals surface area contributed by atoms with Crippen LogP contribution in [0.25, 0.3) is 16.9 Å². The first-order chi connectivity index (χ1) is 9.34. The molecule has 1 aromatic carbocycles. The van der Waals surface area contributed by atoms with E-state index in [1.165, 1.54) is 24.0 Å². The number of benzene rings is 1. The summed E-state index contributed by atoms with van der Waals surface area (Å²) in [6.07, 6.45) is 4.52. The minimum Gasteiger partial charge on any atom is -0.383 e. The fourth-order valence-electron chi connectivity index (χ4n) is 2.68. The van der Waals surface area contributed by atoms with Crippen molar-refractivity contribution in [1.29, 1.82) is 0 Å². The summed E-state index contributed by atoms with van der Waals surface area (Å²) in [5.74, 6) is 1.42. The lowest BCUT2D eigenvalue weighted by atomic mass is 10.0. The van der Waals surface area contributed by atoms with Crippen molar-refractivity contribution in [3.05, 3.63) is 54.2 Å². The molecule has 4 rings (SSSR count). The minimum atomic E-state index is 0.695. The van der Waals surface area contributed by atoms with E-state index in [2.05, 4.69) is 24.3 Å². The second-order valence-corrected chi connectivity index (χ2v) is 5.14. The van der Waals surface area contributed by atoms with E-state index < -0.39 is 0 Å². The van der Waals surface area contributed by atoms with Gasteiger partial charge in [0.15, 0.2) is 0 Å². The van der Waals surface area contributed by atoms with Gasteiger partial charge in [-0.1, -0.05) is 30.3 Å². The summed E-state index contributed by atoms with van der Waals surface area (Å²) in [5, 5.41) is 0. The number of nitrogens with zero attached hydrogens (tertiary/aromatic N) is 2. The molecular formula is C16H15N3. The molecule has 3 nitrogen and oxygen atoms in total. The van der Waals surface area contributed by atoms with E-state index in [4.69, 9.17) is 10.7 Å². The van der Waals surface area contributed by atoms with E-state index in [9.17, 15) is 0 Å². The number of nitrogens with two attached hydrogens (primary N) is 1. The Morgan fingerprint density at radius 3 is 2.63 bits per heavy atom. The molecule has 0 spiro atoms. The van der Waals surface area contributed by atoms with Crippen LogP contribution in [0, 0.1) is 0 Å². The van der Waals surface area contributed by atoms with Crippen LogP contribution in [-0.4, -0.2) is 9.38 Å². The molecule has 0 amide bonds. The molecule has 0 aliphatic heterocycles. The number of hydrogen-bond acceptors (Lipinski definition) is 2. The molecule has 1 aliphatic carbocycles. The Labute approximate surface area is 111 Å². The molecule has 2 N–H and O–H groups in total. The maximum Gasteiger partial charge on any atom is 0.139 e. The Morgan fingerprint density at radius 1 is 1.05 bits per heavy atom. The normalized spacial score (nSPS) is 14.9. The van der Waals surface area contributed by atoms with Gasteiger partial charge in [-0.25, -0.2) is 4.98 Å². The zero-order valence-electron chi connectivity index (χ0n) is 10.6. The van der Waals surface area contributed by atoms with Crippen molar-refractivity contribution in [3.63, 3.8) is 0 Å². The van der Waals surface area contributed by atoms with E-state index in [0.29, 0.717) is 5.92 Å². The minimum absolute atomic E-state index is 0.695. The lowest BCUT2D eigenvalue weighted by Crippen LogP contribution is -1.95. The third-order valence-corrected chi connectivity index (χ3v) is 3.80. The molecule has 1 saturated carbocycles. The number of imidazole rings is 1. The van der Waals surface area contributed by atoms with E-state index in [-0.39, 0.29) is 0 Å². The molecule has 0 unspecified atom stereocenters. The van der Waals surface area contributed by atoms with Gasteiger partial charge >= 0.3 is 0 Å². The van der Waals surface area contributed by atoms with Crippen LogP contribution < -0.4 is 5.73 Å². The number of rotatable bonds is 2. The van der Waals surface area contributed by atoms with E-state index in [1.54, 1.807) is 0 Å². The highest BCUT2D eigenvalue weighted by molar-refractivity contribution is 5.77. The van der Waals surface area contributed by atoms with Gasteiger partial charge in [-0.05, 0) is 36.5 Å². The summed E-state index contributed by atoms with van der Waals surface area (Å²) in [4.78, 5) is 4.69. The molecule has 3 heteroatoms. The molecule has 94 valence electrons. The van der Waals surface area contributed by atoms with Crippen molar-refractivity contribution in [3.8, 4) is 11.3 Å². The quantitative estimate of drug-likeness (QED) is 0.755. The Bertz CT molecular complexity index is 754. The van der Waals surface area contributed by atoms with Gasteiger partial charge < -0.3 is 5.73 Å². The lowest BCUT2D eigenvalue weighted by Gasteiger charge is -2.06. The van der Waals surface area contributed by atoms with Crippen molar-refractivity contribution < 1.29 is 0 Å². The summed E-state index contributed by atoms with van der Waals surface area (Å²) in [7, 11) is 0. The predicted octanol–water partition coefficient (Wildman–Crippen LogP) is 3.46. The Balaban J connectivity index is 1.97. The Hall–Kier alpha value is -2.29. The second-order valence-electron chi connectivity index (χ2n) is 5.14. The van der Waals surface area contributed by atoms with Crippen molar-refractivity contribution in [1.82, 2.24) is 9.38 Å². The fraction of sp³-hybridized carbons (Fsp3) is 0.188. The van der Waals surface area contributed by atoms with Gasteiger partial charge in [0.1, 0.15) is 17.2 Å². The van der Waals surface area contributed by atoms with Crippen molar-refractivity contribution in [2.75, 3.05) is 5.73 Å². The van der Waals surface area contributed by atoms with Crippen LogP contribution in [0.1, 0.15) is 24.3 Å². The van der Waals surface area contributed by atoms with E-state index in [0.717, 1.165) is 17.2 Å². The maximum atomic E-state index is 6.26. The summed E-state index contributed by atoms with van der Waals surface area (Å²) in [6.45, 7) is 0. The maximum absolute atomic E-state index is 6.26. The van der Waals surface area contributed by atoms with Crippen molar-refractivity contribution >= 4 is 11.5 Å². The third-order valence-electron chi connectivity index (χ3n) is 3.80. The summed E-state index contributed by atoms with van der Waals surface area (Å²) < 4.78 is 1.94. The number of hydrogen-bond donors (Lipinski definition) is 1. The van der Waals surface area contributed by atoms with Gasteiger partial charge in [0.05, 0.1) is 0 Å². The average molecular weight is 249 g/mol. The third kappa shape index (κ3) is 1.62. The molecule has 1 aliphatic rings. The van der Waals surface area contributed by atoms with Crippen LogP contribution in [0.2, 0.25) is 0 Å². The number of fused-ring (bicyclic) bond motifs is 1. The molecule has 0 radical (unpaired) electrons. The first-order valence-corrected chi connectivity index (χ1v) is 6.66. The molecule has 2 heterocycles. The Morgan fingerprint density at radius 2 is 1.84 bits per heavy atom. The first-order valence-electron chi connectivity index (χ1n) is 6.66. The van der Waals surface area contributed by atoms with Gasteiger partial charge in [-0.15, -0.1) is 0 Å². The SMILES string of the molecule is Nc1c(-c2ccccc2C2CC2)nc2ccccn12. The Kier molecular flexibility index (Phi) is 2.15. The smallest absolute Gasteiger partial charge is 0.139 e. The van der Waals surface area contributed by atoms with Gasteiger partial charge in [-0.2, -0.15) is 0 Å². The molecule has 2 aromatic heterocycles. The highest BCUT2D eigenvalue weighted by Crippen LogP contribution is 2.45. The molecule has 1 fully saturated rings. The summed E-state index contributed by atoms with van der Waals surface area (Å²) in [5.41, 5.74) is 10.6. The van der Waals surface area contributed by atoms with Gasteiger partial charge in [0, 0.05) is 11.8 Å². The number of pyridine rings is 1. The summed E-state index contributed by atoms with van der Waals surface area (Å²) in [6, 6.07) is 14.4. The number of nitrogen functional groups attached to an aromatic ring is 1. The van der Waals surface area contributed by atoms with Gasteiger partial charge in [0.2, 0.25) is 0 Å². The van der Waals surface area contributed by atoms with Gasteiger partial charge in [0.25, 0.3) is 0 Å². The van der Waals surface area contributed by atoms with Crippen LogP contribution in [0.4, 0.5) is 5.82 Å². The van der Waals surface area contributed by atoms with Gasteiger partial charge in [-0.3, -0.25) is 4.40 Å². The fourth-order valence-corrected chi connectivity index (χ4v) is 2.68. The van der Waals surface area contributed by atoms with E-state index >= 15 is 0 Å². The average Bonchev–Trinajstić information content (AvgIpc) is 3.25. The largest absolute Gasteiger partial charge is 0.383 e. The van der Waals surface area contributed by atoms with Crippen LogP contribution in [0.5, 0.6) is 0 Å². The molecule has 0 bridgehead atoms.